The molecular formula is C22H25BrN2O6S. The number of halogens is 1. The van der Waals surface area contributed by atoms with Crippen LogP contribution in [-0.2, 0) is 26.1 Å². The number of sulfonamides is 1. The Labute approximate surface area is 196 Å². The molecule has 0 fully saturated rings. The molecule has 0 aliphatic heterocycles. The molecule has 3 aromatic rings. The predicted molar refractivity (Wildman–Crippen MR) is 123 cm³/mol. The highest BCUT2D eigenvalue weighted by molar-refractivity contribution is 9.10. The van der Waals surface area contributed by atoms with Crippen molar-refractivity contribution in [1.82, 2.24) is 5.16 Å². The number of aromatic nitrogens is 1. The first kappa shape index (κ1) is 24.2. The molecule has 0 N–H and O–H groups in total. The van der Waals surface area contributed by atoms with Gasteiger partial charge in [0.1, 0.15) is 24.0 Å². The van der Waals surface area contributed by atoms with Crippen LogP contribution in [0.3, 0.4) is 0 Å². The Kier molecular flexibility index (Phi) is 8.30. The van der Waals surface area contributed by atoms with E-state index in [1.165, 1.54) is 6.07 Å². The van der Waals surface area contributed by atoms with Crippen molar-refractivity contribution in [1.29, 1.82) is 0 Å². The van der Waals surface area contributed by atoms with Crippen LogP contribution in [0.25, 0.3) is 0 Å². The molecule has 0 aliphatic carbocycles. The first-order valence-electron chi connectivity index (χ1n) is 9.83. The van der Waals surface area contributed by atoms with E-state index in [1.54, 1.807) is 33.1 Å². The minimum Gasteiger partial charge on any atom is -0.489 e. The molecule has 8 nitrogen and oxygen atoms in total. The van der Waals surface area contributed by atoms with Gasteiger partial charge in [-0.05, 0) is 47.5 Å². The second-order valence-corrected chi connectivity index (χ2v) is 9.63. The molecule has 1 heterocycles. The molecule has 0 radical (unpaired) electrons. The van der Waals surface area contributed by atoms with Crippen LogP contribution in [-0.4, -0.2) is 40.6 Å². The van der Waals surface area contributed by atoms with Gasteiger partial charge < -0.3 is 18.7 Å². The second-order valence-electron chi connectivity index (χ2n) is 6.95. The first-order valence-corrected chi connectivity index (χ1v) is 12.1. The Morgan fingerprint density at radius 3 is 2.50 bits per heavy atom. The van der Waals surface area contributed by atoms with E-state index in [0.717, 1.165) is 9.87 Å². The van der Waals surface area contributed by atoms with Gasteiger partial charge in [0.2, 0.25) is 5.88 Å². The van der Waals surface area contributed by atoms with Crippen molar-refractivity contribution in [3.05, 3.63) is 69.8 Å². The fourth-order valence-electron chi connectivity index (χ4n) is 2.79. The topological polar surface area (TPSA) is 91.1 Å². The zero-order valence-electron chi connectivity index (χ0n) is 18.1. The van der Waals surface area contributed by atoms with Gasteiger partial charge in [-0.1, -0.05) is 35.5 Å². The third kappa shape index (κ3) is 5.69. The number of rotatable bonds is 11. The standard InChI is InChI=1S/C22H25BrN2O6S/c1-16-17(2)24-31-22(16)25(15-29-12-11-28-3)32(26,27)21-13-19(9-10-20(21)23)30-14-18-7-5-4-6-8-18/h4-10,13H,11-12,14-15H2,1-3H3. The highest BCUT2D eigenvalue weighted by Gasteiger charge is 2.32. The Morgan fingerprint density at radius 1 is 1.09 bits per heavy atom. The molecule has 0 spiro atoms. The van der Waals surface area contributed by atoms with Gasteiger partial charge in [-0.15, -0.1) is 0 Å². The lowest BCUT2D eigenvalue weighted by atomic mass is 10.2. The van der Waals surface area contributed by atoms with Crippen LogP contribution in [0.2, 0.25) is 0 Å². The molecule has 172 valence electrons. The minimum absolute atomic E-state index is 0.0202. The number of benzene rings is 2. The van der Waals surface area contributed by atoms with Crippen molar-refractivity contribution in [3.8, 4) is 5.75 Å². The normalized spacial score (nSPS) is 11.5. The van der Waals surface area contributed by atoms with Crippen LogP contribution in [0.15, 0.2) is 62.4 Å². The third-order valence-corrected chi connectivity index (χ3v) is 7.42. The molecule has 1 aromatic heterocycles. The predicted octanol–water partition coefficient (Wildman–Crippen LogP) is 4.45. The molecule has 0 atom stereocenters. The highest BCUT2D eigenvalue weighted by atomic mass is 79.9. The monoisotopic (exact) mass is 524 g/mol. The van der Waals surface area contributed by atoms with Crippen LogP contribution in [0.5, 0.6) is 5.75 Å². The van der Waals surface area contributed by atoms with Crippen molar-refractivity contribution in [2.45, 2.75) is 25.3 Å². The van der Waals surface area contributed by atoms with Crippen molar-refractivity contribution < 1.29 is 27.2 Å². The smallest absolute Gasteiger partial charge is 0.269 e. The van der Waals surface area contributed by atoms with E-state index in [2.05, 4.69) is 21.1 Å². The minimum atomic E-state index is -4.08. The number of hydrogen-bond donors (Lipinski definition) is 0. The van der Waals surface area contributed by atoms with Gasteiger partial charge in [0.05, 0.1) is 18.9 Å². The summed E-state index contributed by atoms with van der Waals surface area (Å²) in [5.74, 6) is 0.517. The van der Waals surface area contributed by atoms with Gasteiger partial charge in [-0.2, -0.15) is 0 Å². The van der Waals surface area contributed by atoms with Gasteiger partial charge >= 0.3 is 0 Å². The summed E-state index contributed by atoms with van der Waals surface area (Å²) >= 11 is 3.35. The lowest BCUT2D eigenvalue weighted by Gasteiger charge is -2.23. The molecule has 0 saturated heterocycles. The van der Waals surface area contributed by atoms with E-state index in [1.807, 2.05) is 30.3 Å². The summed E-state index contributed by atoms with van der Waals surface area (Å²) in [4.78, 5) is 0.0202. The van der Waals surface area contributed by atoms with Gasteiger partial charge in [-0.3, -0.25) is 0 Å². The van der Waals surface area contributed by atoms with E-state index in [0.29, 0.717) is 34.7 Å². The number of aryl methyl sites for hydroxylation is 1. The van der Waals surface area contributed by atoms with Gasteiger partial charge in [0, 0.05) is 23.2 Å². The fourth-order valence-corrected chi connectivity index (χ4v) is 5.07. The zero-order chi connectivity index (χ0) is 23.1. The second kappa shape index (κ2) is 11.0. The van der Waals surface area contributed by atoms with Gasteiger partial charge in [-0.25, -0.2) is 12.7 Å². The summed E-state index contributed by atoms with van der Waals surface area (Å²) in [7, 11) is -2.54. The Bertz CT molecular complexity index is 1130. The maximum absolute atomic E-state index is 13.6. The van der Waals surface area contributed by atoms with Crippen molar-refractivity contribution in [3.63, 3.8) is 0 Å². The summed E-state index contributed by atoms with van der Waals surface area (Å²) in [6.07, 6.45) is 0. The fraction of sp³-hybridized carbons (Fsp3) is 0.318. The molecular weight excluding hydrogens is 500 g/mol. The molecule has 0 unspecified atom stereocenters. The number of methoxy groups -OCH3 is 1. The van der Waals surface area contributed by atoms with Crippen molar-refractivity contribution in [2.75, 3.05) is 31.4 Å². The number of nitrogens with zero attached hydrogens (tertiary/aromatic N) is 2. The Hall–Kier alpha value is -2.40. The molecule has 32 heavy (non-hydrogen) atoms. The number of hydrogen-bond acceptors (Lipinski definition) is 7. The quantitative estimate of drug-likeness (QED) is 0.270. The molecule has 0 aliphatic rings. The summed E-state index contributed by atoms with van der Waals surface area (Å²) in [5, 5.41) is 3.89. The van der Waals surface area contributed by atoms with Gasteiger partial charge in [0.25, 0.3) is 10.0 Å². The maximum atomic E-state index is 13.6. The van der Waals surface area contributed by atoms with Crippen LogP contribution in [0, 0.1) is 13.8 Å². The average molecular weight is 525 g/mol. The van der Waals surface area contributed by atoms with Gasteiger partial charge in [0.15, 0.2) is 0 Å². The SMILES string of the molecule is COCCOCN(c1onc(C)c1C)S(=O)(=O)c1cc(OCc2ccccc2)ccc1Br. The summed E-state index contributed by atoms with van der Waals surface area (Å²) in [5.41, 5.74) is 2.17. The van der Waals surface area contributed by atoms with E-state index in [4.69, 9.17) is 18.7 Å². The van der Waals surface area contributed by atoms with Crippen LogP contribution < -0.4 is 9.04 Å². The maximum Gasteiger partial charge on any atom is 0.269 e. The van der Waals surface area contributed by atoms with E-state index in [-0.39, 0.29) is 24.1 Å². The molecule has 10 heteroatoms. The van der Waals surface area contributed by atoms with E-state index < -0.39 is 10.0 Å². The molecule has 3 rings (SSSR count). The Morgan fingerprint density at radius 2 is 1.84 bits per heavy atom. The summed E-state index contributed by atoms with van der Waals surface area (Å²) < 4.78 is 50.4. The average Bonchev–Trinajstić information content (AvgIpc) is 3.11. The molecule has 2 aromatic carbocycles. The summed E-state index contributed by atoms with van der Waals surface area (Å²) in [6.45, 7) is 4.08. The Balaban J connectivity index is 1.91. The lowest BCUT2D eigenvalue weighted by Crippen LogP contribution is -2.34. The van der Waals surface area contributed by atoms with E-state index >= 15 is 0 Å². The first-order chi connectivity index (χ1) is 15.3. The molecule has 0 amide bonds. The van der Waals surface area contributed by atoms with Crippen LogP contribution in [0.1, 0.15) is 16.8 Å². The molecule has 0 saturated carbocycles. The van der Waals surface area contributed by atoms with Crippen LogP contribution in [0.4, 0.5) is 5.88 Å². The highest BCUT2D eigenvalue weighted by Crippen LogP contribution is 2.33. The largest absolute Gasteiger partial charge is 0.489 e. The molecule has 0 bridgehead atoms. The summed E-state index contributed by atoms with van der Waals surface area (Å²) in [6, 6.07) is 14.4. The van der Waals surface area contributed by atoms with E-state index in [9.17, 15) is 8.42 Å². The van der Waals surface area contributed by atoms with Crippen molar-refractivity contribution in [2.24, 2.45) is 0 Å². The third-order valence-electron chi connectivity index (χ3n) is 4.72. The zero-order valence-corrected chi connectivity index (χ0v) is 20.5. The number of ether oxygens (including phenoxy) is 3. The van der Waals surface area contributed by atoms with Crippen molar-refractivity contribution >= 4 is 31.8 Å². The lowest BCUT2D eigenvalue weighted by molar-refractivity contribution is 0.0744. The number of anilines is 1. The van der Waals surface area contributed by atoms with Crippen LogP contribution >= 0.6 is 15.9 Å².